The van der Waals surface area contributed by atoms with E-state index in [-0.39, 0.29) is 12.1 Å². The van der Waals surface area contributed by atoms with Gasteiger partial charge in [-0.05, 0) is 44.4 Å². The molecule has 3 N–H and O–H groups in total. The van der Waals surface area contributed by atoms with Crippen LogP contribution in [0, 0.1) is 11.6 Å². The van der Waals surface area contributed by atoms with E-state index in [1.54, 1.807) is 0 Å². The number of halogens is 2. The zero-order valence-corrected chi connectivity index (χ0v) is 12.1. The minimum Gasteiger partial charge on any atom is -0.388 e. The lowest BCUT2D eigenvalue weighted by molar-refractivity contribution is -0.0279. The molecule has 0 saturated heterocycles. The first-order valence-electron chi connectivity index (χ1n) is 7.21. The fourth-order valence-corrected chi connectivity index (χ4v) is 2.18. The summed E-state index contributed by atoms with van der Waals surface area (Å²) in [5.41, 5.74) is -0.463. The Morgan fingerprint density at radius 2 is 2.10 bits per heavy atom. The number of hydrogen-bond donors (Lipinski definition) is 3. The first kappa shape index (κ1) is 15.7. The Morgan fingerprint density at radius 3 is 2.71 bits per heavy atom. The van der Waals surface area contributed by atoms with Gasteiger partial charge in [0.1, 0.15) is 11.6 Å². The van der Waals surface area contributed by atoms with Gasteiger partial charge in [0.05, 0.1) is 12.1 Å². The summed E-state index contributed by atoms with van der Waals surface area (Å²) < 4.78 is 26.6. The minimum atomic E-state index is -0.666. The van der Waals surface area contributed by atoms with Crippen molar-refractivity contribution < 1.29 is 13.9 Å². The Hall–Kier alpha value is -1.69. The molecule has 1 aromatic rings. The molecule has 116 valence electrons. The number of rotatable bonds is 5. The Bertz CT molecular complexity index is 516. The molecule has 0 spiro atoms. The number of hydrogen-bond acceptors (Lipinski definition) is 2. The van der Waals surface area contributed by atoms with Crippen LogP contribution < -0.4 is 10.6 Å². The molecule has 0 atom stereocenters. The Labute approximate surface area is 123 Å². The molecule has 0 radical (unpaired) electrons. The molecule has 21 heavy (non-hydrogen) atoms. The van der Waals surface area contributed by atoms with Crippen LogP contribution in [0.1, 0.15) is 31.7 Å². The van der Waals surface area contributed by atoms with Crippen LogP contribution in [0.5, 0.6) is 0 Å². The maximum absolute atomic E-state index is 13.5. The lowest BCUT2D eigenvalue weighted by Crippen LogP contribution is -2.50. The zero-order valence-electron chi connectivity index (χ0n) is 12.1. The van der Waals surface area contributed by atoms with Crippen molar-refractivity contribution in [2.24, 2.45) is 4.99 Å². The number of aliphatic hydroxyl groups is 1. The molecule has 6 heteroatoms. The van der Waals surface area contributed by atoms with E-state index in [2.05, 4.69) is 15.6 Å². The molecule has 1 fully saturated rings. The monoisotopic (exact) mass is 297 g/mol. The van der Waals surface area contributed by atoms with Gasteiger partial charge in [-0.3, -0.25) is 0 Å². The number of aliphatic imine (C=N–C) groups is 1. The smallest absolute Gasteiger partial charge is 0.191 e. The highest BCUT2D eigenvalue weighted by atomic mass is 19.1. The summed E-state index contributed by atoms with van der Waals surface area (Å²) in [5, 5.41) is 16.1. The highest BCUT2D eigenvalue weighted by molar-refractivity contribution is 5.79. The largest absolute Gasteiger partial charge is 0.388 e. The van der Waals surface area contributed by atoms with Crippen molar-refractivity contribution in [2.75, 3.05) is 13.1 Å². The van der Waals surface area contributed by atoms with Crippen molar-refractivity contribution in [3.05, 3.63) is 35.4 Å². The highest BCUT2D eigenvalue weighted by Crippen LogP contribution is 2.30. The van der Waals surface area contributed by atoms with Crippen LogP contribution in [0.25, 0.3) is 0 Å². The van der Waals surface area contributed by atoms with Gasteiger partial charge in [0.15, 0.2) is 5.96 Å². The second kappa shape index (κ2) is 6.85. The van der Waals surface area contributed by atoms with Gasteiger partial charge < -0.3 is 15.7 Å². The quantitative estimate of drug-likeness (QED) is 0.575. The number of nitrogens with zero attached hydrogens (tertiary/aromatic N) is 1. The molecule has 0 aliphatic heterocycles. The van der Waals surface area contributed by atoms with Gasteiger partial charge in [-0.2, -0.15) is 0 Å². The van der Waals surface area contributed by atoms with Crippen LogP contribution in [0.3, 0.4) is 0 Å². The predicted octanol–water partition coefficient (Wildman–Crippen LogP) is 1.93. The normalized spacial score (nSPS) is 17.2. The van der Waals surface area contributed by atoms with E-state index in [9.17, 15) is 13.9 Å². The molecule has 0 unspecified atom stereocenters. The van der Waals surface area contributed by atoms with Crippen molar-refractivity contribution >= 4 is 5.96 Å². The molecule has 2 rings (SSSR count). The van der Waals surface area contributed by atoms with Gasteiger partial charge in [0.2, 0.25) is 0 Å². The highest BCUT2D eigenvalue weighted by Gasteiger charge is 2.34. The van der Waals surface area contributed by atoms with E-state index in [1.165, 1.54) is 0 Å². The molecule has 4 nitrogen and oxygen atoms in total. The maximum atomic E-state index is 13.5. The summed E-state index contributed by atoms with van der Waals surface area (Å²) in [4.78, 5) is 4.22. The second-order valence-corrected chi connectivity index (χ2v) is 5.36. The topological polar surface area (TPSA) is 56.7 Å². The average molecular weight is 297 g/mol. The van der Waals surface area contributed by atoms with E-state index < -0.39 is 17.2 Å². The first-order chi connectivity index (χ1) is 10.0. The van der Waals surface area contributed by atoms with Gasteiger partial charge in [-0.1, -0.05) is 0 Å². The molecule has 0 heterocycles. The third-order valence-corrected chi connectivity index (χ3v) is 3.63. The second-order valence-electron chi connectivity index (χ2n) is 5.36. The third-order valence-electron chi connectivity index (χ3n) is 3.63. The Kier molecular flexibility index (Phi) is 5.12. The maximum Gasteiger partial charge on any atom is 0.191 e. The standard InChI is InChI=1S/C15H21F2N3O/c1-2-18-14(20-10-15(21)6-3-7-15)19-9-11-8-12(16)4-5-13(11)17/h4-5,8,21H,2-3,6-7,9-10H2,1H3,(H2,18,19,20). The van der Waals surface area contributed by atoms with Crippen molar-refractivity contribution in [2.45, 2.75) is 38.3 Å². The molecule has 0 amide bonds. The van der Waals surface area contributed by atoms with E-state index in [0.29, 0.717) is 19.0 Å². The van der Waals surface area contributed by atoms with Crippen LogP contribution in [0.4, 0.5) is 8.78 Å². The lowest BCUT2D eigenvalue weighted by atomic mass is 9.80. The van der Waals surface area contributed by atoms with Crippen molar-refractivity contribution in [1.82, 2.24) is 10.6 Å². The molecule has 1 aliphatic carbocycles. The summed E-state index contributed by atoms with van der Waals surface area (Å²) >= 11 is 0. The average Bonchev–Trinajstić information content (AvgIpc) is 2.43. The Balaban J connectivity index is 1.97. The number of benzene rings is 1. The van der Waals surface area contributed by atoms with Gasteiger partial charge >= 0.3 is 0 Å². The van der Waals surface area contributed by atoms with Crippen LogP contribution >= 0.6 is 0 Å². The van der Waals surface area contributed by atoms with Crippen molar-refractivity contribution in [3.63, 3.8) is 0 Å². The summed E-state index contributed by atoms with van der Waals surface area (Å²) in [7, 11) is 0. The predicted molar refractivity (Wildman–Crippen MR) is 78.0 cm³/mol. The fraction of sp³-hybridized carbons (Fsp3) is 0.533. The lowest BCUT2D eigenvalue weighted by Gasteiger charge is -2.37. The minimum absolute atomic E-state index is 0.0390. The SMILES string of the molecule is CCNC(=NCc1cc(F)ccc1F)NCC1(O)CCC1. The van der Waals surface area contributed by atoms with E-state index in [4.69, 9.17) is 0 Å². The first-order valence-corrected chi connectivity index (χ1v) is 7.21. The summed E-state index contributed by atoms with van der Waals surface area (Å²) in [5.74, 6) is -0.474. The molecular weight excluding hydrogens is 276 g/mol. The summed E-state index contributed by atoms with van der Waals surface area (Å²) in [6.45, 7) is 3.01. The van der Waals surface area contributed by atoms with Gasteiger partial charge in [0, 0.05) is 18.7 Å². The van der Waals surface area contributed by atoms with Gasteiger partial charge in [0.25, 0.3) is 0 Å². The molecule has 0 aromatic heterocycles. The Morgan fingerprint density at radius 1 is 1.33 bits per heavy atom. The van der Waals surface area contributed by atoms with Gasteiger partial charge in [-0.25, -0.2) is 13.8 Å². The molecule has 1 aliphatic rings. The van der Waals surface area contributed by atoms with E-state index in [0.717, 1.165) is 37.5 Å². The van der Waals surface area contributed by atoms with Gasteiger partial charge in [-0.15, -0.1) is 0 Å². The molecular formula is C15H21F2N3O. The third kappa shape index (κ3) is 4.39. The van der Waals surface area contributed by atoms with E-state index >= 15 is 0 Å². The van der Waals surface area contributed by atoms with Crippen LogP contribution in [0.15, 0.2) is 23.2 Å². The number of nitrogens with one attached hydrogen (secondary N) is 2. The van der Waals surface area contributed by atoms with Crippen LogP contribution in [0.2, 0.25) is 0 Å². The van der Waals surface area contributed by atoms with Crippen LogP contribution in [-0.2, 0) is 6.54 Å². The molecule has 1 aromatic carbocycles. The number of guanidine groups is 1. The summed E-state index contributed by atoms with van der Waals surface area (Å²) in [6, 6.07) is 3.32. The van der Waals surface area contributed by atoms with Crippen LogP contribution in [-0.4, -0.2) is 29.8 Å². The van der Waals surface area contributed by atoms with Crippen molar-refractivity contribution in [3.8, 4) is 0 Å². The van der Waals surface area contributed by atoms with E-state index in [1.807, 2.05) is 6.92 Å². The summed E-state index contributed by atoms with van der Waals surface area (Å²) in [6.07, 6.45) is 2.58. The zero-order chi connectivity index (χ0) is 15.3. The molecule has 0 bridgehead atoms. The van der Waals surface area contributed by atoms with Crippen molar-refractivity contribution in [1.29, 1.82) is 0 Å². The molecule has 1 saturated carbocycles. The fourth-order valence-electron chi connectivity index (χ4n) is 2.18.